The molecule has 2 aromatic rings. The summed E-state index contributed by atoms with van der Waals surface area (Å²) in [6, 6.07) is 1.80. The molecule has 1 aliphatic rings. The predicted octanol–water partition coefficient (Wildman–Crippen LogP) is 0.906. The smallest absolute Gasteiger partial charge is 0.263 e. The van der Waals surface area contributed by atoms with E-state index in [1.165, 1.54) is 24.8 Å². The Labute approximate surface area is 116 Å². The van der Waals surface area contributed by atoms with E-state index >= 15 is 0 Å². The molecule has 0 spiro atoms. The van der Waals surface area contributed by atoms with E-state index in [9.17, 15) is 13.5 Å². The van der Waals surface area contributed by atoms with Crippen LogP contribution in [0.15, 0.2) is 35.9 Å². The average Bonchev–Trinajstić information content (AvgIpc) is 3.18. The third-order valence-corrected chi connectivity index (χ3v) is 4.48. The Balaban J connectivity index is 1.91. The summed E-state index contributed by atoms with van der Waals surface area (Å²) in [6.07, 6.45) is 7.69. The maximum atomic E-state index is 12.3. The van der Waals surface area contributed by atoms with Gasteiger partial charge in [0.1, 0.15) is 11.2 Å². The summed E-state index contributed by atoms with van der Waals surface area (Å²) >= 11 is 0. The van der Waals surface area contributed by atoms with E-state index in [2.05, 4.69) is 14.7 Å². The van der Waals surface area contributed by atoms with Gasteiger partial charge in [-0.15, -0.1) is 0 Å². The number of hydrogen-bond donors (Lipinski definition) is 2. The number of rotatable bonds is 5. The third kappa shape index (κ3) is 2.52. The molecule has 1 aliphatic carbocycles. The molecule has 0 radical (unpaired) electrons. The first-order valence-electron chi connectivity index (χ1n) is 6.19. The van der Waals surface area contributed by atoms with Crippen LogP contribution in [0.25, 0.3) is 0 Å². The summed E-state index contributed by atoms with van der Waals surface area (Å²) in [5, 5.41) is 9.31. The molecular formula is C12H14N4O3S. The number of aromatic nitrogens is 3. The number of aliphatic hydroxyl groups is 1. The Bertz CT molecular complexity index is 708. The number of nitrogens with zero attached hydrogens (tertiary/aromatic N) is 3. The van der Waals surface area contributed by atoms with Crippen LogP contribution in [-0.4, -0.2) is 28.1 Å². The van der Waals surface area contributed by atoms with Crippen molar-refractivity contribution >= 4 is 15.7 Å². The molecule has 7 nitrogen and oxygen atoms in total. The SMILES string of the molecule is O=S(=O)(Nc1cncnc1)c1cc(CO)n(C2CC2)c1. The Kier molecular flexibility index (Phi) is 3.19. The Morgan fingerprint density at radius 3 is 2.65 bits per heavy atom. The minimum absolute atomic E-state index is 0.136. The standard InChI is InChI=1S/C12H14N4O3S/c17-7-11-3-12(6-16(11)10-1-2-10)20(18,19)15-9-4-13-8-14-5-9/h3-6,8,10,15,17H,1-2,7H2. The first kappa shape index (κ1) is 13.1. The van der Waals surface area contributed by atoms with Crippen molar-refractivity contribution in [2.24, 2.45) is 0 Å². The molecule has 2 N–H and O–H groups in total. The molecule has 106 valence electrons. The topological polar surface area (TPSA) is 97.1 Å². The lowest BCUT2D eigenvalue weighted by Gasteiger charge is -2.05. The molecule has 0 aromatic carbocycles. The van der Waals surface area contributed by atoms with Crippen LogP contribution in [0.1, 0.15) is 24.6 Å². The average molecular weight is 294 g/mol. The summed E-state index contributed by atoms with van der Waals surface area (Å²) in [4.78, 5) is 7.65. The molecule has 3 rings (SSSR count). The maximum absolute atomic E-state index is 12.3. The van der Waals surface area contributed by atoms with Crippen LogP contribution < -0.4 is 4.72 Å². The van der Waals surface area contributed by atoms with E-state index in [1.807, 2.05) is 4.57 Å². The molecule has 1 fully saturated rings. The van der Waals surface area contributed by atoms with Gasteiger partial charge in [-0.1, -0.05) is 0 Å². The monoisotopic (exact) mass is 294 g/mol. The van der Waals surface area contributed by atoms with Crippen molar-refractivity contribution in [2.45, 2.75) is 30.4 Å². The van der Waals surface area contributed by atoms with Crippen molar-refractivity contribution in [3.05, 3.63) is 36.7 Å². The Hall–Kier alpha value is -1.93. The normalized spacial score (nSPS) is 15.2. The van der Waals surface area contributed by atoms with Gasteiger partial charge in [-0.25, -0.2) is 18.4 Å². The van der Waals surface area contributed by atoms with Gasteiger partial charge in [0.05, 0.1) is 24.7 Å². The van der Waals surface area contributed by atoms with Gasteiger partial charge in [0.15, 0.2) is 0 Å². The van der Waals surface area contributed by atoms with Crippen molar-refractivity contribution in [1.29, 1.82) is 0 Å². The minimum Gasteiger partial charge on any atom is -0.390 e. The lowest BCUT2D eigenvalue weighted by molar-refractivity contribution is 0.270. The molecule has 0 saturated heterocycles. The molecule has 1 saturated carbocycles. The van der Waals surface area contributed by atoms with Crippen LogP contribution in [0, 0.1) is 0 Å². The van der Waals surface area contributed by atoms with Crippen molar-refractivity contribution in [2.75, 3.05) is 4.72 Å². The highest BCUT2D eigenvalue weighted by Crippen LogP contribution is 2.37. The van der Waals surface area contributed by atoms with Gasteiger partial charge in [-0.2, -0.15) is 0 Å². The zero-order valence-corrected chi connectivity index (χ0v) is 11.4. The van der Waals surface area contributed by atoms with Crippen LogP contribution in [-0.2, 0) is 16.6 Å². The van der Waals surface area contributed by atoms with Crippen LogP contribution in [0.5, 0.6) is 0 Å². The highest BCUT2D eigenvalue weighted by atomic mass is 32.2. The highest BCUT2D eigenvalue weighted by Gasteiger charge is 2.28. The molecule has 8 heteroatoms. The van der Waals surface area contributed by atoms with Gasteiger partial charge in [-0.3, -0.25) is 4.72 Å². The van der Waals surface area contributed by atoms with Crippen LogP contribution in [0.3, 0.4) is 0 Å². The molecule has 20 heavy (non-hydrogen) atoms. The van der Waals surface area contributed by atoms with Crippen molar-refractivity contribution in [3.8, 4) is 0 Å². The van der Waals surface area contributed by atoms with E-state index in [-0.39, 0.29) is 11.5 Å². The Morgan fingerprint density at radius 2 is 2.05 bits per heavy atom. The van der Waals surface area contributed by atoms with E-state index < -0.39 is 10.0 Å². The van der Waals surface area contributed by atoms with Gasteiger partial charge >= 0.3 is 0 Å². The summed E-state index contributed by atoms with van der Waals surface area (Å²) in [5.41, 5.74) is 0.911. The molecule has 0 unspecified atom stereocenters. The fourth-order valence-corrected chi connectivity index (χ4v) is 3.11. The molecule has 2 heterocycles. The number of anilines is 1. The first-order valence-corrected chi connectivity index (χ1v) is 7.68. The number of hydrogen-bond acceptors (Lipinski definition) is 5. The zero-order chi connectivity index (χ0) is 14.2. The lowest BCUT2D eigenvalue weighted by Crippen LogP contribution is -2.12. The van der Waals surface area contributed by atoms with Crippen LogP contribution >= 0.6 is 0 Å². The summed E-state index contributed by atoms with van der Waals surface area (Å²) in [5.74, 6) is 0. The third-order valence-electron chi connectivity index (χ3n) is 3.13. The number of nitrogens with one attached hydrogen (secondary N) is 1. The maximum Gasteiger partial charge on any atom is 0.263 e. The first-order chi connectivity index (χ1) is 9.60. The van der Waals surface area contributed by atoms with Crippen molar-refractivity contribution in [3.63, 3.8) is 0 Å². The quantitative estimate of drug-likeness (QED) is 0.854. The number of sulfonamides is 1. The van der Waals surface area contributed by atoms with Crippen LogP contribution in [0.2, 0.25) is 0 Å². The van der Waals surface area contributed by atoms with Gasteiger partial charge in [0.2, 0.25) is 0 Å². The van der Waals surface area contributed by atoms with E-state index in [1.54, 1.807) is 6.20 Å². The largest absolute Gasteiger partial charge is 0.390 e. The summed E-state index contributed by atoms with van der Waals surface area (Å²) in [6.45, 7) is -0.180. The van der Waals surface area contributed by atoms with Crippen LogP contribution in [0.4, 0.5) is 5.69 Å². The molecule has 0 bridgehead atoms. The summed E-state index contributed by atoms with van der Waals surface area (Å²) < 4.78 is 28.8. The fourth-order valence-electron chi connectivity index (χ4n) is 2.03. The van der Waals surface area contributed by atoms with Crippen molar-refractivity contribution in [1.82, 2.24) is 14.5 Å². The molecule has 0 atom stereocenters. The fraction of sp³-hybridized carbons (Fsp3) is 0.333. The lowest BCUT2D eigenvalue weighted by atomic mass is 10.4. The second kappa shape index (κ2) is 4.88. The molecule has 0 amide bonds. The van der Waals surface area contributed by atoms with Gasteiger partial charge < -0.3 is 9.67 Å². The predicted molar refractivity (Wildman–Crippen MR) is 71.5 cm³/mol. The second-order valence-electron chi connectivity index (χ2n) is 4.70. The van der Waals surface area contributed by atoms with Crippen molar-refractivity contribution < 1.29 is 13.5 Å². The second-order valence-corrected chi connectivity index (χ2v) is 6.38. The van der Waals surface area contributed by atoms with E-state index in [0.717, 1.165) is 12.8 Å². The minimum atomic E-state index is -3.69. The highest BCUT2D eigenvalue weighted by molar-refractivity contribution is 7.92. The van der Waals surface area contributed by atoms with Gasteiger partial charge in [-0.05, 0) is 18.9 Å². The van der Waals surface area contributed by atoms with E-state index in [0.29, 0.717) is 17.4 Å². The Morgan fingerprint density at radius 1 is 1.35 bits per heavy atom. The van der Waals surface area contributed by atoms with E-state index in [4.69, 9.17) is 0 Å². The van der Waals surface area contributed by atoms with Gasteiger partial charge in [0, 0.05) is 17.9 Å². The zero-order valence-electron chi connectivity index (χ0n) is 10.6. The van der Waals surface area contributed by atoms with Gasteiger partial charge in [0.25, 0.3) is 10.0 Å². The summed E-state index contributed by atoms with van der Waals surface area (Å²) in [7, 11) is -3.69. The molecule has 0 aliphatic heterocycles. The molecule has 2 aromatic heterocycles. The molecular weight excluding hydrogens is 280 g/mol. The number of aliphatic hydroxyl groups excluding tert-OH is 1.